The topological polar surface area (TPSA) is 50.9 Å². The third-order valence-corrected chi connectivity index (χ3v) is 3.33. The van der Waals surface area contributed by atoms with Gasteiger partial charge in [-0.25, -0.2) is 13.8 Å². The summed E-state index contributed by atoms with van der Waals surface area (Å²) in [5.74, 6) is -1.95. The van der Waals surface area contributed by atoms with Crippen LogP contribution >= 0.6 is 11.3 Å². The number of nitrogens with zero attached hydrogens (tertiary/aromatic N) is 1. The lowest BCUT2D eigenvalue weighted by Gasteiger charge is -2.13. The number of nitrogens with two attached hydrogens (primary N) is 1. The molecule has 0 aliphatic heterocycles. The maximum Gasteiger partial charge on any atom is 0.168 e. The fraction of sp³-hybridized carbons (Fsp3) is 0.182. The van der Waals surface area contributed by atoms with Crippen molar-refractivity contribution in [2.24, 2.45) is 0 Å². The standard InChI is InChI=1S/C11H11F2N3S/c1-6(9-3-2-4-17-9)15-11-8(13)5-7(12)10(14)16-11/h2-6H,1H3,(H3,14,15,16). The molecule has 0 radical (unpaired) electrons. The lowest BCUT2D eigenvalue weighted by molar-refractivity contribution is 0.578. The molecule has 0 amide bonds. The summed E-state index contributed by atoms with van der Waals surface area (Å²) in [6, 6.07) is 4.45. The van der Waals surface area contributed by atoms with E-state index in [0.29, 0.717) is 0 Å². The highest BCUT2D eigenvalue weighted by atomic mass is 32.1. The Morgan fingerprint density at radius 3 is 2.82 bits per heavy atom. The molecule has 3 nitrogen and oxygen atoms in total. The maximum absolute atomic E-state index is 13.4. The summed E-state index contributed by atoms with van der Waals surface area (Å²) in [6.07, 6.45) is 0. The molecule has 3 N–H and O–H groups in total. The van der Waals surface area contributed by atoms with E-state index in [4.69, 9.17) is 5.73 Å². The van der Waals surface area contributed by atoms with Gasteiger partial charge in [0.05, 0.1) is 6.04 Å². The Balaban J connectivity index is 2.22. The molecule has 90 valence electrons. The molecule has 0 saturated heterocycles. The molecular weight excluding hydrogens is 244 g/mol. The first-order valence-corrected chi connectivity index (χ1v) is 5.87. The zero-order valence-electron chi connectivity index (χ0n) is 9.08. The number of hydrogen-bond donors (Lipinski definition) is 2. The highest BCUT2D eigenvalue weighted by Crippen LogP contribution is 2.24. The molecule has 2 heterocycles. The van der Waals surface area contributed by atoms with E-state index in [2.05, 4.69) is 10.3 Å². The number of pyridine rings is 1. The second-order valence-electron chi connectivity index (χ2n) is 3.57. The number of anilines is 2. The van der Waals surface area contributed by atoms with E-state index in [0.717, 1.165) is 10.9 Å². The minimum absolute atomic E-state index is 0.0372. The summed E-state index contributed by atoms with van der Waals surface area (Å²) in [5, 5.41) is 4.79. The van der Waals surface area contributed by atoms with Crippen LogP contribution in [0.5, 0.6) is 0 Å². The fourth-order valence-electron chi connectivity index (χ4n) is 1.40. The first kappa shape index (κ1) is 11.8. The van der Waals surface area contributed by atoms with E-state index in [1.54, 1.807) is 11.3 Å². The monoisotopic (exact) mass is 255 g/mol. The number of hydrogen-bond acceptors (Lipinski definition) is 4. The molecule has 2 aromatic heterocycles. The van der Waals surface area contributed by atoms with E-state index < -0.39 is 11.6 Å². The van der Waals surface area contributed by atoms with Crippen LogP contribution in [-0.2, 0) is 0 Å². The Hall–Kier alpha value is -1.69. The van der Waals surface area contributed by atoms with E-state index in [1.807, 2.05) is 24.4 Å². The Labute approximate surface area is 101 Å². The van der Waals surface area contributed by atoms with Crippen molar-refractivity contribution in [2.75, 3.05) is 11.1 Å². The van der Waals surface area contributed by atoms with Gasteiger partial charge in [-0.1, -0.05) is 6.07 Å². The van der Waals surface area contributed by atoms with Gasteiger partial charge in [0.15, 0.2) is 23.3 Å². The van der Waals surface area contributed by atoms with Crippen molar-refractivity contribution < 1.29 is 8.78 Å². The second kappa shape index (κ2) is 4.67. The van der Waals surface area contributed by atoms with Crippen LogP contribution in [0, 0.1) is 11.6 Å². The van der Waals surface area contributed by atoms with E-state index >= 15 is 0 Å². The molecule has 0 aliphatic carbocycles. The van der Waals surface area contributed by atoms with E-state index in [9.17, 15) is 8.78 Å². The number of aromatic nitrogens is 1. The third kappa shape index (κ3) is 2.52. The Kier molecular flexibility index (Phi) is 3.23. The molecule has 6 heteroatoms. The van der Waals surface area contributed by atoms with Gasteiger partial charge in [-0.2, -0.15) is 0 Å². The number of nitrogens with one attached hydrogen (secondary N) is 1. The summed E-state index contributed by atoms with van der Waals surface area (Å²) in [4.78, 5) is 4.68. The highest BCUT2D eigenvalue weighted by Gasteiger charge is 2.13. The molecule has 0 fully saturated rings. The lowest BCUT2D eigenvalue weighted by atomic mass is 10.2. The molecule has 0 spiro atoms. The molecule has 1 unspecified atom stereocenters. The van der Waals surface area contributed by atoms with Crippen LogP contribution in [0.2, 0.25) is 0 Å². The van der Waals surface area contributed by atoms with Gasteiger partial charge in [-0.05, 0) is 18.4 Å². The predicted molar refractivity (Wildman–Crippen MR) is 64.9 cm³/mol. The summed E-state index contributed by atoms with van der Waals surface area (Å²) in [5.41, 5.74) is 5.29. The van der Waals surface area contributed by atoms with Crippen LogP contribution in [0.1, 0.15) is 17.8 Å². The average Bonchev–Trinajstić information content (AvgIpc) is 2.79. The van der Waals surface area contributed by atoms with Gasteiger partial charge in [0, 0.05) is 10.9 Å². The predicted octanol–water partition coefficient (Wildman–Crippen LogP) is 3.18. The van der Waals surface area contributed by atoms with Crippen molar-refractivity contribution in [1.29, 1.82) is 0 Å². The van der Waals surface area contributed by atoms with Crippen molar-refractivity contribution in [3.05, 3.63) is 40.1 Å². The van der Waals surface area contributed by atoms with Gasteiger partial charge in [-0.3, -0.25) is 0 Å². The van der Waals surface area contributed by atoms with Crippen LogP contribution in [0.4, 0.5) is 20.4 Å². The Morgan fingerprint density at radius 2 is 2.18 bits per heavy atom. The summed E-state index contributed by atoms with van der Waals surface area (Å²) >= 11 is 1.55. The van der Waals surface area contributed by atoms with Crippen molar-refractivity contribution in [3.63, 3.8) is 0 Å². The van der Waals surface area contributed by atoms with Crippen LogP contribution in [0.3, 0.4) is 0 Å². The van der Waals surface area contributed by atoms with Gasteiger partial charge < -0.3 is 11.1 Å². The van der Waals surface area contributed by atoms with Crippen molar-refractivity contribution in [3.8, 4) is 0 Å². The second-order valence-corrected chi connectivity index (χ2v) is 4.55. The van der Waals surface area contributed by atoms with Crippen LogP contribution in [0.25, 0.3) is 0 Å². The Morgan fingerprint density at radius 1 is 1.41 bits per heavy atom. The zero-order valence-corrected chi connectivity index (χ0v) is 9.89. The molecule has 17 heavy (non-hydrogen) atoms. The SMILES string of the molecule is CC(Nc1nc(N)c(F)cc1F)c1cccs1. The quantitative estimate of drug-likeness (QED) is 0.885. The number of rotatable bonds is 3. The van der Waals surface area contributed by atoms with Crippen LogP contribution in [-0.4, -0.2) is 4.98 Å². The summed E-state index contributed by atoms with van der Waals surface area (Å²) < 4.78 is 26.3. The molecule has 1 atom stereocenters. The van der Waals surface area contributed by atoms with Crippen molar-refractivity contribution in [2.45, 2.75) is 13.0 Å². The van der Waals surface area contributed by atoms with Gasteiger partial charge in [-0.15, -0.1) is 11.3 Å². The maximum atomic E-state index is 13.4. The van der Waals surface area contributed by atoms with E-state index in [1.165, 1.54) is 0 Å². The van der Waals surface area contributed by atoms with Gasteiger partial charge in [0.25, 0.3) is 0 Å². The smallest absolute Gasteiger partial charge is 0.168 e. The zero-order chi connectivity index (χ0) is 12.4. The molecule has 0 aliphatic rings. The first-order chi connectivity index (χ1) is 8.08. The lowest BCUT2D eigenvalue weighted by Crippen LogP contribution is -2.10. The minimum atomic E-state index is -0.850. The molecule has 0 saturated carbocycles. The van der Waals surface area contributed by atoms with E-state index in [-0.39, 0.29) is 17.7 Å². The largest absolute Gasteiger partial charge is 0.381 e. The normalized spacial score (nSPS) is 12.4. The number of thiophene rings is 1. The van der Waals surface area contributed by atoms with Crippen LogP contribution in [0.15, 0.2) is 23.6 Å². The van der Waals surface area contributed by atoms with Crippen molar-refractivity contribution >= 4 is 23.0 Å². The molecule has 2 rings (SSSR count). The summed E-state index contributed by atoms with van der Waals surface area (Å²) in [6.45, 7) is 1.87. The van der Waals surface area contributed by atoms with Gasteiger partial charge in [0.1, 0.15) is 0 Å². The number of halogens is 2. The third-order valence-electron chi connectivity index (χ3n) is 2.28. The van der Waals surface area contributed by atoms with Crippen LogP contribution < -0.4 is 11.1 Å². The molecular formula is C11H11F2N3S. The average molecular weight is 255 g/mol. The Bertz CT molecular complexity index is 514. The summed E-state index contributed by atoms with van der Waals surface area (Å²) in [7, 11) is 0. The molecule has 2 aromatic rings. The minimum Gasteiger partial charge on any atom is -0.381 e. The van der Waals surface area contributed by atoms with Gasteiger partial charge in [0.2, 0.25) is 0 Å². The molecule has 0 bridgehead atoms. The van der Waals surface area contributed by atoms with Gasteiger partial charge >= 0.3 is 0 Å². The first-order valence-electron chi connectivity index (χ1n) is 4.99. The fourth-order valence-corrected chi connectivity index (χ4v) is 2.13. The van der Waals surface area contributed by atoms with Crippen molar-refractivity contribution in [1.82, 2.24) is 4.98 Å². The molecule has 0 aromatic carbocycles. The highest BCUT2D eigenvalue weighted by molar-refractivity contribution is 7.10. The number of nitrogen functional groups attached to an aromatic ring is 1.